The van der Waals surface area contributed by atoms with Crippen LogP contribution in [0.5, 0.6) is 0 Å². The highest BCUT2D eigenvalue weighted by atomic mass is 127. The SMILES string of the molecule is CCNC(=NCCc1csc(N2CCCC2)n1)NC1CC(=O)N(c2ccccc2)C1.I. The number of benzene rings is 1. The van der Waals surface area contributed by atoms with Crippen LogP contribution in [-0.4, -0.2) is 55.6 Å². The zero-order valence-corrected chi connectivity index (χ0v) is 21.1. The zero-order valence-electron chi connectivity index (χ0n) is 17.9. The lowest BCUT2D eigenvalue weighted by Gasteiger charge is -2.19. The molecule has 7 nitrogen and oxygen atoms in total. The number of para-hydroxylation sites is 1. The molecule has 3 heterocycles. The number of anilines is 2. The first kappa shape index (κ1) is 23.8. The van der Waals surface area contributed by atoms with Crippen molar-refractivity contribution in [2.75, 3.05) is 42.5 Å². The van der Waals surface area contributed by atoms with Gasteiger partial charge in [0.15, 0.2) is 11.1 Å². The van der Waals surface area contributed by atoms with Gasteiger partial charge in [-0.3, -0.25) is 9.79 Å². The molecule has 0 aliphatic carbocycles. The molecular formula is C22H31IN6OS. The number of nitrogens with one attached hydrogen (secondary N) is 2. The molecule has 0 bridgehead atoms. The van der Waals surface area contributed by atoms with E-state index in [0.717, 1.165) is 48.5 Å². The lowest BCUT2D eigenvalue weighted by Crippen LogP contribution is -2.44. The van der Waals surface area contributed by atoms with Crippen molar-refractivity contribution < 1.29 is 4.79 Å². The summed E-state index contributed by atoms with van der Waals surface area (Å²) in [6.45, 7) is 6.40. The molecule has 0 spiro atoms. The molecule has 4 rings (SSSR count). The summed E-state index contributed by atoms with van der Waals surface area (Å²) in [7, 11) is 0. The molecule has 1 aromatic carbocycles. The third kappa shape index (κ3) is 6.31. The van der Waals surface area contributed by atoms with Crippen LogP contribution in [0.2, 0.25) is 0 Å². The Morgan fingerprint density at radius 2 is 2.03 bits per heavy atom. The molecule has 2 fully saturated rings. The zero-order chi connectivity index (χ0) is 20.8. The number of aliphatic imine (C=N–C) groups is 1. The molecule has 2 N–H and O–H groups in total. The first-order valence-electron chi connectivity index (χ1n) is 10.8. The Hall–Kier alpha value is -1.88. The van der Waals surface area contributed by atoms with Crippen molar-refractivity contribution in [2.24, 2.45) is 4.99 Å². The summed E-state index contributed by atoms with van der Waals surface area (Å²) in [5, 5.41) is 10.0. The summed E-state index contributed by atoms with van der Waals surface area (Å²) in [6.07, 6.45) is 3.83. The van der Waals surface area contributed by atoms with Crippen LogP contribution in [-0.2, 0) is 11.2 Å². The van der Waals surface area contributed by atoms with E-state index in [1.807, 2.05) is 35.2 Å². The average Bonchev–Trinajstić information content (AvgIpc) is 3.50. The normalized spacial score (nSPS) is 18.9. The number of rotatable bonds is 7. The number of carbonyl (C=O) groups excluding carboxylic acids is 1. The van der Waals surface area contributed by atoms with E-state index < -0.39 is 0 Å². The first-order valence-corrected chi connectivity index (χ1v) is 11.7. The minimum atomic E-state index is 0. The Balaban J connectivity index is 0.00000272. The summed E-state index contributed by atoms with van der Waals surface area (Å²) in [6, 6.07) is 9.89. The van der Waals surface area contributed by atoms with E-state index in [1.165, 1.54) is 12.8 Å². The standard InChI is InChI=1S/C22H30N6OS.HI/c1-2-23-21(24-11-10-17-16-30-22(26-17)27-12-6-7-13-27)25-18-14-20(29)28(15-18)19-8-4-3-5-9-19;/h3-5,8-9,16,18H,2,6-7,10-15H2,1H3,(H2,23,24,25);1H. The molecular weight excluding hydrogens is 523 g/mol. The fourth-order valence-corrected chi connectivity index (χ4v) is 4.84. The molecule has 2 aliphatic rings. The summed E-state index contributed by atoms with van der Waals surface area (Å²) >= 11 is 1.73. The number of carbonyl (C=O) groups is 1. The molecule has 2 saturated heterocycles. The van der Waals surface area contributed by atoms with Gasteiger partial charge in [0.1, 0.15) is 0 Å². The van der Waals surface area contributed by atoms with Gasteiger partial charge in [-0.2, -0.15) is 0 Å². The van der Waals surface area contributed by atoms with Gasteiger partial charge in [-0.1, -0.05) is 18.2 Å². The predicted molar refractivity (Wildman–Crippen MR) is 139 cm³/mol. The lowest BCUT2D eigenvalue weighted by atomic mass is 10.2. The molecule has 31 heavy (non-hydrogen) atoms. The van der Waals surface area contributed by atoms with Crippen LogP contribution >= 0.6 is 35.3 Å². The van der Waals surface area contributed by atoms with Crippen LogP contribution in [0, 0.1) is 0 Å². The van der Waals surface area contributed by atoms with Gasteiger partial charge in [0.2, 0.25) is 5.91 Å². The predicted octanol–water partition coefficient (Wildman–Crippen LogP) is 3.26. The molecule has 1 unspecified atom stereocenters. The topological polar surface area (TPSA) is 72.9 Å². The number of nitrogens with zero attached hydrogens (tertiary/aromatic N) is 4. The Morgan fingerprint density at radius 3 is 2.77 bits per heavy atom. The van der Waals surface area contributed by atoms with Crippen LogP contribution in [0.3, 0.4) is 0 Å². The van der Waals surface area contributed by atoms with E-state index >= 15 is 0 Å². The third-order valence-corrected chi connectivity index (χ3v) is 6.38. The van der Waals surface area contributed by atoms with Gasteiger partial charge < -0.3 is 20.4 Å². The maximum atomic E-state index is 12.4. The van der Waals surface area contributed by atoms with Crippen molar-refractivity contribution in [3.63, 3.8) is 0 Å². The van der Waals surface area contributed by atoms with E-state index in [-0.39, 0.29) is 35.9 Å². The fraction of sp³-hybridized carbons (Fsp3) is 0.500. The number of amides is 1. The molecule has 0 radical (unpaired) electrons. The smallest absolute Gasteiger partial charge is 0.229 e. The van der Waals surface area contributed by atoms with Crippen molar-refractivity contribution >= 4 is 58.0 Å². The van der Waals surface area contributed by atoms with E-state index in [9.17, 15) is 4.79 Å². The molecule has 2 aliphatic heterocycles. The van der Waals surface area contributed by atoms with Crippen LogP contribution in [0.1, 0.15) is 31.9 Å². The molecule has 2 aromatic rings. The highest BCUT2D eigenvalue weighted by Gasteiger charge is 2.31. The number of thiazole rings is 1. The molecule has 9 heteroatoms. The van der Waals surface area contributed by atoms with Crippen molar-refractivity contribution in [1.82, 2.24) is 15.6 Å². The monoisotopic (exact) mass is 554 g/mol. The van der Waals surface area contributed by atoms with Gasteiger partial charge >= 0.3 is 0 Å². The minimum Gasteiger partial charge on any atom is -0.357 e. The van der Waals surface area contributed by atoms with E-state index in [2.05, 4.69) is 27.8 Å². The Morgan fingerprint density at radius 1 is 1.26 bits per heavy atom. The van der Waals surface area contributed by atoms with Crippen molar-refractivity contribution in [2.45, 2.75) is 38.6 Å². The molecule has 1 aromatic heterocycles. The van der Waals surface area contributed by atoms with Gasteiger partial charge in [-0.25, -0.2) is 4.98 Å². The molecule has 1 amide bonds. The Labute approximate surface area is 205 Å². The summed E-state index contributed by atoms with van der Waals surface area (Å²) in [4.78, 5) is 26.2. The van der Waals surface area contributed by atoms with Crippen LogP contribution in [0.4, 0.5) is 10.8 Å². The van der Waals surface area contributed by atoms with E-state index in [0.29, 0.717) is 19.5 Å². The largest absolute Gasteiger partial charge is 0.357 e. The second-order valence-electron chi connectivity index (χ2n) is 7.71. The van der Waals surface area contributed by atoms with Gasteiger partial charge in [-0.15, -0.1) is 35.3 Å². The third-order valence-electron chi connectivity index (χ3n) is 5.43. The maximum Gasteiger partial charge on any atom is 0.229 e. The van der Waals surface area contributed by atoms with Gasteiger partial charge in [0.25, 0.3) is 0 Å². The van der Waals surface area contributed by atoms with Crippen molar-refractivity contribution in [3.8, 4) is 0 Å². The molecule has 168 valence electrons. The fourth-order valence-electron chi connectivity index (χ4n) is 3.92. The van der Waals surface area contributed by atoms with Crippen molar-refractivity contribution in [1.29, 1.82) is 0 Å². The van der Waals surface area contributed by atoms with E-state index in [1.54, 1.807) is 11.3 Å². The van der Waals surface area contributed by atoms with Crippen LogP contribution in [0.25, 0.3) is 0 Å². The molecule has 1 atom stereocenters. The highest BCUT2D eigenvalue weighted by molar-refractivity contribution is 14.0. The Bertz CT molecular complexity index is 868. The molecule has 0 saturated carbocycles. The number of aromatic nitrogens is 1. The number of hydrogen-bond acceptors (Lipinski definition) is 5. The average molecular weight is 555 g/mol. The second kappa shape index (κ2) is 11.7. The maximum absolute atomic E-state index is 12.4. The lowest BCUT2D eigenvalue weighted by molar-refractivity contribution is -0.117. The summed E-state index contributed by atoms with van der Waals surface area (Å²) < 4.78 is 0. The summed E-state index contributed by atoms with van der Waals surface area (Å²) in [5.74, 6) is 0.909. The second-order valence-corrected chi connectivity index (χ2v) is 8.55. The summed E-state index contributed by atoms with van der Waals surface area (Å²) in [5.41, 5.74) is 2.05. The van der Waals surface area contributed by atoms with E-state index in [4.69, 9.17) is 9.98 Å². The van der Waals surface area contributed by atoms with Gasteiger partial charge in [-0.05, 0) is 31.9 Å². The number of guanidine groups is 1. The number of halogens is 1. The van der Waals surface area contributed by atoms with Gasteiger partial charge in [0, 0.05) is 56.6 Å². The minimum absolute atomic E-state index is 0. The van der Waals surface area contributed by atoms with Crippen molar-refractivity contribution in [3.05, 3.63) is 41.4 Å². The first-order chi connectivity index (χ1) is 14.7. The number of hydrogen-bond donors (Lipinski definition) is 2. The quantitative estimate of drug-likeness (QED) is 0.313. The highest BCUT2D eigenvalue weighted by Crippen LogP contribution is 2.24. The van der Waals surface area contributed by atoms with Gasteiger partial charge in [0.05, 0.1) is 11.7 Å². The van der Waals surface area contributed by atoms with Crippen LogP contribution in [0.15, 0.2) is 40.7 Å². The van der Waals surface area contributed by atoms with Crippen LogP contribution < -0.4 is 20.4 Å². The Kier molecular flexibility index (Phi) is 8.94.